The number of urea groups is 1. The summed E-state index contributed by atoms with van der Waals surface area (Å²) in [6.45, 7) is 0.0461. The molecule has 0 radical (unpaired) electrons. The zero-order valence-corrected chi connectivity index (χ0v) is 12.3. The van der Waals surface area contributed by atoms with E-state index in [1.807, 2.05) is 0 Å². The average molecular weight is 347 g/mol. The molecule has 0 saturated carbocycles. The number of nitrogens with one attached hydrogen (secondary N) is 2. The van der Waals surface area contributed by atoms with Crippen LogP contribution < -0.4 is 15.4 Å². The Bertz CT molecular complexity index is 495. The zero-order valence-electron chi connectivity index (χ0n) is 10.7. The van der Waals surface area contributed by atoms with Gasteiger partial charge in [0.15, 0.2) is 6.10 Å². The second-order valence-corrected chi connectivity index (χ2v) is 4.82. The monoisotopic (exact) mass is 346 g/mol. The number of aliphatic hydroxyl groups is 1. The Morgan fingerprint density at radius 2 is 2.10 bits per heavy atom. The van der Waals surface area contributed by atoms with Crippen molar-refractivity contribution in [2.75, 3.05) is 19.0 Å². The molecule has 1 aromatic rings. The van der Waals surface area contributed by atoms with Gasteiger partial charge < -0.3 is 25.6 Å². The molecule has 1 rings (SSSR count). The molecule has 0 fully saturated rings. The van der Waals surface area contributed by atoms with Gasteiger partial charge in [-0.05, 0) is 12.1 Å². The summed E-state index contributed by atoms with van der Waals surface area (Å²) in [5.74, 6) is -0.736. The van der Waals surface area contributed by atoms with Crippen molar-refractivity contribution in [3.8, 4) is 5.75 Å². The second-order valence-electron chi connectivity index (χ2n) is 3.90. The van der Waals surface area contributed by atoms with E-state index in [-0.39, 0.29) is 13.0 Å². The van der Waals surface area contributed by atoms with E-state index in [2.05, 4.69) is 26.6 Å². The van der Waals surface area contributed by atoms with E-state index in [0.717, 1.165) is 4.47 Å². The minimum absolute atomic E-state index is 0.0461. The van der Waals surface area contributed by atoms with Crippen LogP contribution >= 0.6 is 15.9 Å². The van der Waals surface area contributed by atoms with E-state index in [1.165, 1.54) is 7.11 Å². The average Bonchev–Trinajstić information content (AvgIpc) is 2.37. The minimum atomic E-state index is -1.48. The Hall–Kier alpha value is -1.80. The summed E-state index contributed by atoms with van der Waals surface area (Å²) in [4.78, 5) is 21.9. The van der Waals surface area contributed by atoms with Gasteiger partial charge in [0.25, 0.3) is 0 Å². The lowest BCUT2D eigenvalue weighted by atomic mass is 10.2. The predicted octanol–water partition coefficient (Wildman–Crippen LogP) is 1.41. The maximum absolute atomic E-state index is 11.6. The van der Waals surface area contributed by atoms with Crippen LogP contribution in [-0.4, -0.2) is 42.0 Å². The highest BCUT2D eigenvalue weighted by atomic mass is 79.9. The van der Waals surface area contributed by atoms with Gasteiger partial charge in [-0.3, -0.25) is 0 Å². The quantitative estimate of drug-likeness (QED) is 0.622. The number of hydrogen-bond acceptors (Lipinski definition) is 4. The van der Waals surface area contributed by atoms with Gasteiger partial charge in [0.05, 0.1) is 7.11 Å². The number of amides is 2. The number of rotatable bonds is 6. The standard InChI is InChI=1S/C12H15BrN2O5/c1-20-9-5-7(13)4-8(6-9)15-12(19)14-3-2-10(16)11(17)18/h4-6,10,16H,2-3H2,1H3,(H,17,18)(H2,14,15,19). The molecular formula is C12H15BrN2O5. The van der Waals surface area contributed by atoms with E-state index in [0.29, 0.717) is 11.4 Å². The van der Waals surface area contributed by atoms with E-state index in [1.54, 1.807) is 18.2 Å². The number of aliphatic carboxylic acids is 1. The van der Waals surface area contributed by atoms with E-state index in [4.69, 9.17) is 14.9 Å². The summed E-state index contributed by atoms with van der Waals surface area (Å²) < 4.78 is 5.80. The normalized spacial score (nSPS) is 11.6. The first-order valence-electron chi connectivity index (χ1n) is 5.72. The molecule has 1 atom stereocenters. The Labute approximate surface area is 124 Å². The van der Waals surface area contributed by atoms with Crippen molar-refractivity contribution in [1.29, 1.82) is 0 Å². The van der Waals surface area contributed by atoms with Gasteiger partial charge in [-0.2, -0.15) is 0 Å². The van der Waals surface area contributed by atoms with Gasteiger partial charge in [0.2, 0.25) is 0 Å². The number of carbonyl (C=O) groups excluding carboxylic acids is 1. The lowest BCUT2D eigenvalue weighted by Gasteiger charge is -2.10. The van der Waals surface area contributed by atoms with Gasteiger partial charge in [-0.15, -0.1) is 0 Å². The molecule has 20 heavy (non-hydrogen) atoms. The SMILES string of the molecule is COc1cc(Br)cc(NC(=O)NCCC(O)C(=O)O)c1. The highest BCUT2D eigenvalue weighted by Crippen LogP contribution is 2.24. The van der Waals surface area contributed by atoms with Crippen molar-refractivity contribution in [2.45, 2.75) is 12.5 Å². The fourth-order valence-electron chi connectivity index (χ4n) is 1.37. The van der Waals surface area contributed by atoms with Gasteiger partial charge in [0, 0.05) is 29.2 Å². The first-order chi connectivity index (χ1) is 9.42. The van der Waals surface area contributed by atoms with E-state index < -0.39 is 18.1 Å². The molecule has 0 heterocycles. The molecule has 7 nitrogen and oxygen atoms in total. The third-order valence-corrected chi connectivity index (χ3v) is 2.81. The summed E-state index contributed by atoms with van der Waals surface area (Å²) >= 11 is 3.28. The van der Waals surface area contributed by atoms with Crippen molar-refractivity contribution in [3.63, 3.8) is 0 Å². The van der Waals surface area contributed by atoms with Crippen LogP contribution in [0.15, 0.2) is 22.7 Å². The molecule has 110 valence electrons. The minimum Gasteiger partial charge on any atom is -0.497 e. The van der Waals surface area contributed by atoms with Crippen LogP contribution in [0.2, 0.25) is 0 Å². The summed E-state index contributed by atoms with van der Waals surface area (Å²) in [6.07, 6.45) is -1.55. The van der Waals surface area contributed by atoms with Crippen molar-refractivity contribution >= 4 is 33.6 Å². The van der Waals surface area contributed by atoms with Crippen LogP contribution in [-0.2, 0) is 4.79 Å². The first kappa shape index (κ1) is 16.3. The Morgan fingerprint density at radius 3 is 2.70 bits per heavy atom. The number of carbonyl (C=O) groups is 2. The van der Waals surface area contributed by atoms with E-state index >= 15 is 0 Å². The first-order valence-corrected chi connectivity index (χ1v) is 6.52. The molecule has 4 N–H and O–H groups in total. The van der Waals surface area contributed by atoms with Crippen molar-refractivity contribution in [3.05, 3.63) is 22.7 Å². The van der Waals surface area contributed by atoms with Crippen molar-refractivity contribution < 1.29 is 24.5 Å². The van der Waals surface area contributed by atoms with Crippen LogP contribution in [0.3, 0.4) is 0 Å². The smallest absolute Gasteiger partial charge is 0.332 e. The highest BCUT2D eigenvalue weighted by molar-refractivity contribution is 9.10. The Balaban J connectivity index is 2.46. The molecule has 8 heteroatoms. The third-order valence-electron chi connectivity index (χ3n) is 2.35. The molecule has 0 aromatic heterocycles. The van der Waals surface area contributed by atoms with E-state index in [9.17, 15) is 9.59 Å². The predicted molar refractivity (Wildman–Crippen MR) is 76.0 cm³/mol. The number of ether oxygens (including phenoxy) is 1. The fraction of sp³-hybridized carbons (Fsp3) is 0.333. The maximum Gasteiger partial charge on any atom is 0.332 e. The summed E-state index contributed by atoms with van der Waals surface area (Å²) in [6, 6.07) is 4.57. The Morgan fingerprint density at radius 1 is 1.40 bits per heavy atom. The van der Waals surface area contributed by atoms with Crippen LogP contribution in [0.1, 0.15) is 6.42 Å². The van der Waals surface area contributed by atoms with Gasteiger partial charge in [-0.25, -0.2) is 9.59 Å². The number of carboxylic acids is 1. The number of aliphatic hydroxyl groups excluding tert-OH is 1. The third kappa shape index (κ3) is 5.45. The highest BCUT2D eigenvalue weighted by Gasteiger charge is 2.13. The fourth-order valence-corrected chi connectivity index (χ4v) is 1.85. The van der Waals surface area contributed by atoms with Crippen molar-refractivity contribution in [1.82, 2.24) is 5.32 Å². The molecule has 0 bridgehead atoms. The number of hydrogen-bond donors (Lipinski definition) is 4. The number of methoxy groups -OCH3 is 1. The summed E-state index contributed by atoms with van der Waals surface area (Å²) in [5.41, 5.74) is 0.521. The van der Waals surface area contributed by atoms with Crippen molar-refractivity contribution in [2.24, 2.45) is 0 Å². The lowest BCUT2D eigenvalue weighted by molar-refractivity contribution is -0.146. The summed E-state index contributed by atoms with van der Waals surface area (Å²) in [7, 11) is 1.51. The van der Waals surface area contributed by atoms with Gasteiger partial charge in [0.1, 0.15) is 5.75 Å². The molecular weight excluding hydrogens is 332 g/mol. The molecule has 0 aliphatic rings. The second kappa shape index (κ2) is 7.71. The van der Waals surface area contributed by atoms with Crippen LogP contribution in [0.4, 0.5) is 10.5 Å². The molecule has 0 spiro atoms. The van der Waals surface area contributed by atoms with Gasteiger partial charge in [-0.1, -0.05) is 15.9 Å². The molecule has 0 saturated heterocycles. The molecule has 0 aliphatic heterocycles. The number of benzene rings is 1. The molecule has 1 aromatic carbocycles. The number of carboxylic acid groups (broad SMARTS) is 1. The molecule has 2 amide bonds. The van der Waals surface area contributed by atoms with Crippen LogP contribution in [0.25, 0.3) is 0 Å². The van der Waals surface area contributed by atoms with Gasteiger partial charge >= 0.3 is 12.0 Å². The van der Waals surface area contributed by atoms with Crippen LogP contribution in [0.5, 0.6) is 5.75 Å². The largest absolute Gasteiger partial charge is 0.497 e. The number of halogens is 1. The zero-order chi connectivity index (χ0) is 15.1. The topological polar surface area (TPSA) is 108 Å². The molecule has 1 unspecified atom stereocenters. The summed E-state index contributed by atoms with van der Waals surface area (Å²) in [5, 5.41) is 22.5. The molecule has 0 aliphatic carbocycles. The Kier molecular flexibility index (Phi) is 6.26. The maximum atomic E-state index is 11.6. The lowest BCUT2D eigenvalue weighted by Crippen LogP contribution is -2.33. The van der Waals surface area contributed by atoms with Crippen LogP contribution in [0, 0.1) is 0 Å². The number of anilines is 1.